The Morgan fingerprint density at radius 2 is 2.00 bits per heavy atom. The highest BCUT2D eigenvalue weighted by Crippen LogP contribution is 2.15. The number of hydrogen-bond donors (Lipinski definition) is 1. The summed E-state index contributed by atoms with van der Waals surface area (Å²) in [5.74, 6) is 0. The van der Waals surface area contributed by atoms with Crippen molar-refractivity contribution in [2.45, 2.75) is 32.9 Å². The summed E-state index contributed by atoms with van der Waals surface area (Å²) in [7, 11) is 2.12. The maximum Gasteiger partial charge on any atom is 0.0275 e. The van der Waals surface area contributed by atoms with Gasteiger partial charge in [0, 0.05) is 18.6 Å². The van der Waals surface area contributed by atoms with Crippen molar-refractivity contribution in [1.82, 2.24) is 4.90 Å². The third-order valence-electron chi connectivity index (χ3n) is 3.04. The van der Waals surface area contributed by atoms with Gasteiger partial charge >= 0.3 is 0 Å². The third kappa shape index (κ3) is 3.33. The number of likely N-dealkylation sites (N-methyl/N-ethyl adjacent to an activating group) is 1. The fourth-order valence-electron chi connectivity index (χ4n) is 1.45. The van der Waals surface area contributed by atoms with Crippen LogP contribution in [0.2, 0.25) is 0 Å². The molecule has 2 nitrogen and oxygen atoms in total. The van der Waals surface area contributed by atoms with Crippen molar-refractivity contribution in [2.24, 2.45) is 5.73 Å². The first-order valence-electron chi connectivity index (χ1n) is 5.42. The van der Waals surface area contributed by atoms with E-state index in [4.69, 9.17) is 5.73 Å². The minimum atomic E-state index is 0.0593. The molecule has 0 amide bonds. The Kier molecular flexibility index (Phi) is 3.89. The van der Waals surface area contributed by atoms with Crippen LogP contribution in [0.4, 0.5) is 0 Å². The smallest absolute Gasteiger partial charge is 0.0275 e. The van der Waals surface area contributed by atoms with Crippen molar-refractivity contribution in [3.8, 4) is 0 Å². The monoisotopic (exact) mass is 206 g/mol. The van der Waals surface area contributed by atoms with Gasteiger partial charge in [0.25, 0.3) is 0 Å². The Morgan fingerprint density at radius 1 is 1.33 bits per heavy atom. The fourth-order valence-corrected chi connectivity index (χ4v) is 1.45. The zero-order chi connectivity index (χ0) is 11.5. The summed E-state index contributed by atoms with van der Waals surface area (Å²) in [5.41, 5.74) is 8.47. The summed E-state index contributed by atoms with van der Waals surface area (Å²) in [6.07, 6.45) is 0. The normalized spacial score (nSPS) is 12.1. The first-order chi connectivity index (χ1) is 6.95. The summed E-state index contributed by atoms with van der Waals surface area (Å²) in [4.78, 5) is 2.29. The summed E-state index contributed by atoms with van der Waals surface area (Å²) < 4.78 is 0. The van der Waals surface area contributed by atoms with Gasteiger partial charge in [-0.1, -0.05) is 29.8 Å². The number of nitrogens with zero attached hydrogens (tertiary/aromatic N) is 1. The molecule has 0 atom stereocenters. The highest BCUT2D eigenvalue weighted by atomic mass is 15.2. The Hall–Kier alpha value is -0.860. The van der Waals surface area contributed by atoms with Gasteiger partial charge in [0.15, 0.2) is 0 Å². The van der Waals surface area contributed by atoms with E-state index in [0.717, 1.165) is 6.54 Å². The fraction of sp³-hybridized carbons (Fsp3) is 0.538. The molecule has 15 heavy (non-hydrogen) atoms. The van der Waals surface area contributed by atoms with Gasteiger partial charge in [0.05, 0.1) is 0 Å². The molecule has 0 spiro atoms. The van der Waals surface area contributed by atoms with Crippen LogP contribution in [0.25, 0.3) is 0 Å². The number of benzene rings is 1. The van der Waals surface area contributed by atoms with E-state index in [2.05, 4.69) is 57.0 Å². The van der Waals surface area contributed by atoms with Crippen LogP contribution >= 0.6 is 0 Å². The second-order valence-electron chi connectivity index (χ2n) is 4.86. The van der Waals surface area contributed by atoms with Crippen LogP contribution in [-0.2, 0) is 6.54 Å². The lowest BCUT2D eigenvalue weighted by Gasteiger charge is -2.34. The minimum Gasteiger partial charge on any atom is -0.329 e. The average molecular weight is 206 g/mol. The quantitative estimate of drug-likeness (QED) is 0.818. The van der Waals surface area contributed by atoms with Crippen LogP contribution in [0.5, 0.6) is 0 Å². The molecular weight excluding hydrogens is 184 g/mol. The molecule has 0 aliphatic carbocycles. The van der Waals surface area contributed by atoms with E-state index in [1.54, 1.807) is 0 Å². The molecule has 0 saturated carbocycles. The Balaban J connectivity index is 2.70. The van der Waals surface area contributed by atoms with Crippen LogP contribution in [-0.4, -0.2) is 24.0 Å². The molecule has 2 heteroatoms. The van der Waals surface area contributed by atoms with Crippen molar-refractivity contribution in [1.29, 1.82) is 0 Å². The van der Waals surface area contributed by atoms with Crippen LogP contribution in [0, 0.1) is 6.92 Å². The molecule has 0 aromatic heterocycles. The lowest BCUT2D eigenvalue weighted by Crippen LogP contribution is -2.46. The summed E-state index contributed by atoms with van der Waals surface area (Å²) >= 11 is 0. The van der Waals surface area contributed by atoms with Crippen molar-refractivity contribution in [3.05, 3.63) is 35.4 Å². The third-order valence-corrected chi connectivity index (χ3v) is 3.04. The highest BCUT2D eigenvalue weighted by Gasteiger charge is 2.21. The second-order valence-corrected chi connectivity index (χ2v) is 4.86. The molecule has 0 heterocycles. The van der Waals surface area contributed by atoms with Gasteiger partial charge in [-0.3, -0.25) is 4.90 Å². The van der Waals surface area contributed by atoms with Crippen LogP contribution in [0.3, 0.4) is 0 Å². The van der Waals surface area contributed by atoms with E-state index in [1.807, 2.05) is 0 Å². The molecule has 1 rings (SSSR count). The van der Waals surface area contributed by atoms with E-state index in [9.17, 15) is 0 Å². The van der Waals surface area contributed by atoms with Gasteiger partial charge in [-0.05, 0) is 33.4 Å². The van der Waals surface area contributed by atoms with E-state index >= 15 is 0 Å². The molecule has 1 aromatic rings. The SMILES string of the molecule is Cc1cccc(CN(C)C(C)(C)CN)c1. The van der Waals surface area contributed by atoms with Gasteiger partial charge in [-0.25, -0.2) is 0 Å². The Bertz CT molecular complexity index is 318. The molecule has 0 radical (unpaired) electrons. The second kappa shape index (κ2) is 4.77. The zero-order valence-electron chi connectivity index (χ0n) is 10.2. The van der Waals surface area contributed by atoms with Crippen molar-refractivity contribution in [2.75, 3.05) is 13.6 Å². The molecule has 2 N–H and O–H groups in total. The molecule has 0 bridgehead atoms. The highest BCUT2D eigenvalue weighted by molar-refractivity contribution is 5.22. The molecule has 84 valence electrons. The first-order valence-corrected chi connectivity index (χ1v) is 5.42. The Labute approximate surface area is 93.1 Å². The maximum absolute atomic E-state index is 5.75. The number of aryl methyl sites for hydroxylation is 1. The Morgan fingerprint density at radius 3 is 2.53 bits per heavy atom. The van der Waals surface area contributed by atoms with Gasteiger partial charge in [-0.15, -0.1) is 0 Å². The lowest BCUT2D eigenvalue weighted by molar-refractivity contribution is 0.155. The minimum absolute atomic E-state index is 0.0593. The molecule has 0 saturated heterocycles. The summed E-state index contributed by atoms with van der Waals surface area (Å²) in [5, 5.41) is 0. The van der Waals surface area contributed by atoms with E-state index < -0.39 is 0 Å². The molecule has 0 unspecified atom stereocenters. The maximum atomic E-state index is 5.75. The molecular formula is C13H22N2. The van der Waals surface area contributed by atoms with E-state index in [1.165, 1.54) is 11.1 Å². The van der Waals surface area contributed by atoms with Crippen LogP contribution in [0.15, 0.2) is 24.3 Å². The van der Waals surface area contributed by atoms with Crippen molar-refractivity contribution < 1.29 is 0 Å². The molecule has 0 fully saturated rings. The number of nitrogens with two attached hydrogens (primary N) is 1. The number of rotatable bonds is 4. The van der Waals surface area contributed by atoms with E-state index in [0.29, 0.717) is 6.54 Å². The van der Waals surface area contributed by atoms with E-state index in [-0.39, 0.29) is 5.54 Å². The lowest BCUT2D eigenvalue weighted by atomic mass is 10.0. The van der Waals surface area contributed by atoms with Gasteiger partial charge in [0.2, 0.25) is 0 Å². The largest absolute Gasteiger partial charge is 0.329 e. The summed E-state index contributed by atoms with van der Waals surface area (Å²) in [6, 6.07) is 8.62. The topological polar surface area (TPSA) is 29.3 Å². The van der Waals surface area contributed by atoms with Crippen molar-refractivity contribution >= 4 is 0 Å². The number of hydrogen-bond acceptors (Lipinski definition) is 2. The zero-order valence-corrected chi connectivity index (χ0v) is 10.2. The van der Waals surface area contributed by atoms with Crippen LogP contribution < -0.4 is 5.73 Å². The predicted molar refractivity (Wildman–Crippen MR) is 65.8 cm³/mol. The first kappa shape index (κ1) is 12.2. The molecule has 0 aliphatic heterocycles. The van der Waals surface area contributed by atoms with Gasteiger partial charge in [-0.2, -0.15) is 0 Å². The predicted octanol–water partition coefficient (Wildman–Crippen LogP) is 2.16. The average Bonchev–Trinajstić information content (AvgIpc) is 2.17. The standard InChI is InChI=1S/C13H22N2/c1-11-6-5-7-12(8-11)9-15(4)13(2,3)10-14/h5-8H,9-10,14H2,1-4H3. The van der Waals surface area contributed by atoms with Crippen molar-refractivity contribution in [3.63, 3.8) is 0 Å². The van der Waals surface area contributed by atoms with Gasteiger partial charge < -0.3 is 5.73 Å². The summed E-state index contributed by atoms with van der Waals surface area (Å²) in [6.45, 7) is 8.09. The molecule has 0 aliphatic rings. The van der Waals surface area contributed by atoms with Crippen LogP contribution in [0.1, 0.15) is 25.0 Å². The molecule has 1 aromatic carbocycles. The van der Waals surface area contributed by atoms with Gasteiger partial charge in [0.1, 0.15) is 0 Å².